The molecular formula is C29H20F9N7O4S. The van der Waals surface area contributed by atoms with Crippen LogP contribution in [0, 0.1) is 6.92 Å². The van der Waals surface area contributed by atoms with Crippen LogP contribution in [0.4, 0.5) is 55.7 Å². The normalized spacial score (nSPS) is 14.8. The number of benzene rings is 2. The quantitative estimate of drug-likeness (QED) is 0.187. The smallest absolute Gasteiger partial charge is 0.404 e. The summed E-state index contributed by atoms with van der Waals surface area (Å²) in [5.41, 5.74) is -1.33. The van der Waals surface area contributed by atoms with Crippen LogP contribution in [0.5, 0.6) is 5.75 Å². The van der Waals surface area contributed by atoms with E-state index in [1.54, 1.807) is 13.0 Å². The molecule has 0 atom stereocenters. The summed E-state index contributed by atoms with van der Waals surface area (Å²) in [6.45, 7) is -0.453. The van der Waals surface area contributed by atoms with Crippen LogP contribution in [0.2, 0.25) is 0 Å². The van der Waals surface area contributed by atoms with Crippen molar-refractivity contribution >= 4 is 40.2 Å². The van der Waals surface area contributed by atoms with E-state index in [0.29, 0.717) is 11.6 Å². The summed E-state index contributed by atoms with van der Waals surface area (Å²) >= 11 is 0.790. The number of aliphatic imine (C=N–C) groups is 1. The lowest BCUT2D eigenvalue weighted by atomic mass is 10.1. The van der Waals surface area contributed by atoms with Gasteiger partial charge in [-0.15, -0.1) is 18.3 Å². The van der Waals surface area contributed by atoms with Crippen LogP contribution in [0.3, 0.4) is 0 Å². The summed E-state index contributed by atoms with van der Waals surface area (Å²) in [6.07, 6.45) is -12.7. The van der Waals surface area contributed by atoms with Crippen molar-refractivity contribution < 1.29 is 58.6 Å². The Morgan fingerprint density at radius 1 is 1.00 bits per heavy atom. The molecule has 2 aromatic carbocycles. The first-order valence-corrected chi connectivity index (χ1v) is 14.8. The lowest BCUT2D eigenvalue weighted by Gasteiger charge is -2.21. The van der Waals surface area contributed by atoms with Crippen LogP contribution >= 0.6 is 11.8 Å². The second-order valence-corrected chi connectivity index (χ2v) is 11.2. The van der Waals surface area contributed by atoms with Gasteiger partial charge in [-0.1, -0.05) is 23.9 Å². The topological polar surface area (TPSA) is 124 Å². The maximum absolute atomic E-state index is 14.1. The van der Waals surface area contributed by atoms with Gasteiger partial charge in [0.05, 0.1) is 35.5 Å². The number of nitrogens with one attached hydrogen (secondary N) is 1. The van der Waals surface area contributed by atoms with E-state index < -0.39 is 60.9 Å². The second-order valence-electron chi connectivity index (χ2n) is 10.3. The molecule has 0 bridgehead atoms. The van der Waals surface area contributed by atoms with Gasteiger partial charge in [-0.05, 0) is 48.9 Å². The van der Waals surface area contributed by atoms with Gasteiger partial charge in [0.15, 0.2) is 16.8 Å². The SMILES string of the molecule is Cc1ccc(COCC(F)(F)F)c(N2C(=O)CSC2=NC(=O)Nc2ccc(-c3ncn(-c4ccc(OC(F)(F)F)cn4)n3)cc2C(F)(F)F)c1. The number of amidine groups is 1. The molecule has 1 aliphatic rings. The van der Waals surface area contributed by atoms with Gasteiger partial charge < -0.3 is 14.8 Å². The number of nitrogens with zero attached hydrogens (tertiary/aromatic N) is 6. The van der Waals surface area contributed by atoms with Crippen molar-refractivity contribution in [1.29, 1.82) is 0 Å². The Labute approximate surface area is 279 Å². The van der Waals surface area contributed by atoms with Crippen LogP contribution in [-0.4, -0.2) is 61.8 Å². The fourth-order valence-electron chi connectivity index (χ4n) is 4.43. The van der Waals surface area contributed by atoms with Gasteiger partial charge in [-0.25, -0.2) is 19.4 Å². The number of rotatable bonds is 8. The van der Waals surface area contributed by atoms with Crippen LogP contribution in [0.15, 0.2) is 66.0 Å². The van der Waals surface area contributed by atoms with Crippen molar-refractivity contribution in [1.82, 2.24) is 19.7 Å². The largest absolute Gasteiger partial charge is 0.573 e. The zero-order valence-electron chi connectivity index (χ0n) is 25.0. The Morgan fingerprint density at radius 2 is 1.76 bits per heavy atom. The van der Waals surface area contributed by atoms with E-state index in [9.17, 15) is 49.1 Å². The predicted octanol–water partition coefficient (Wildman–Crippen LogP) is 7.30. The zero-order valence-corrected chi connectivity index (χ0v) is 25.8. The molecule has 264 valence electrons. The molecule has 50 heavy (non-hydrogen) atoms. The number of anilines is 2. The number of ether oxygens (including phenoxy) is 2. The van der Waals surface area contributed by atoms with Gasteiger partial charge in [-0.2, -0.15) is 31.3 Å². The number of alkyl halides is 9. The summed E-state index contributed by atoms with van der Waals surface area (Å²) in [6, 6.07) is 7.96. The molecule has 11 nitrogen and oxygen atoms in total. The molecule has 5 rings (SSSR count). The lowest BCUT2D eigenvalue weighted by Crippen LogP contribution is -2.31. The maximum atomic E-state index is 14.1. The maximum Gasteiger partial charge on any atom is 0.573 e. The van der Waals surface area contributed by atoms with Crippen molar-refractivity contribution in [2.24, 2.45) is 4.99 Å². The number of aromatic nitrogens is 4. The van der Waals surface area contributed by atoms with Gasteiger partial charge in [0, 0.05) is 11.1 Å². The molecular weight excluding hydrogens is 713 g/mol. The number of hydrogen-bond acceptors (Lipinski definition) is 8. The molecule has 0 spiro atoms. The molecule has 1 N–H and O–H groups in total. The van der Waals surface area contributed by atoms with Gasteiger partial charge in [0.2, 0.25) is 5.91 Å². The molecule has 3 amide bonds. The highest BCUT2D eigenvalue weighted by atomic mass is 32.2. The minimum atomic E-state index is -5.01. The number of urea groups is 1. The number of amides is 3. The number of thioether (sulfide) groups is 1. The highest BCUT2D eigenvalue weighted by Crippen LogP contribution is 2.38. The highest BCUT2D eigenvalue weighted by Gasteiger charge is 2.36. The van der Waals surface area contributed by atoms with Crippen molar-refractivity contribution in [3.05, 3.63) is 77.7 Å². The van der Waals surface area contributed by atoms with Crippen molar-refractivity contribution in [3.8, 4) is 23.0 Å². The first-order chi connectivity index (χ1) is 23.4. The molecule has 4 aromatic rings. The minimum Gasteiger partial charge on any atom is -0.404 e. The molecule has 0 radical (unpaired) electrons. The third kappa shape index (κ3) is 9.08. The molecule has 0 aliphatic carbocycles. The number of aryl methyl sites for hydroxylation is 1. The number of halogens is 9. The van der Waals surface area contributed by atoms with Gasteiger partial charge in [-0.3, -0.25) is 9.69 Å². The fraction of sp³-hybridized carbons (Fsp3) is 0.241. The summed E-state index contributed by atoms with van der Waals surface area (Å²) < 4.78 is 127. The van der Waals surface area contributed by atoms with E-state index in [1.165, 1.54) is 12.1 Å². The Morgan fingerprint density at radius 3 is 2.42 bits per heavy atom. The van der Waals surface area contributed by atoms with Crippen LogP contribution in [0.1, 0.15) is 16.7 Å². The zero-order chi connectivity index (χ0) is 36.4. The molecule has 1 saturated heterocycles. The van der Waals surface area contributed by atoms with Crippen LogP contribution in [0.25, 0.3) is 17.2 Å². The van der Waals surface area contributed by atoms with Crippen molar-refractivity contribution in [2.45, 2.75) is 32.2 Å². The fourth-order valence-corrected chi connectivity index (χ4v) is 5.29. The number of carbonyl (C=O) groups is 2. The summed E-state index contributed by atoms with van der Waals surface area (Å²) in [5.74, 6) is -1.67. The van der Waals surface area contributed by atoms with Crippen LogP contribution in [-0.2, 0) is 22.3 Å². The summed E-state index contributed by atoms with van der Waals surface area (Å²) in [4.78, 5) is 38.2. The Balaban J connectivity index is 1.37. The average molecular weight is 734 g/mol. The average Bonchev–Trinajstić information content (AvgIpc) is 3.63. The third-order valence-electron chi connectivity index (χ3n) is 6.47. The van der Waals surface area contributed by atoms with E-state index in [-0.39, 0.29) is 39.4 Å². The standard InChI is InChI=1S/C29H20F9N7O4S/c1-15-2-3-17(11-48-13-27(30,31)32)21(8-15)45-23(46)12-50-26(45)42-25(47)41-20-6-4-16(9-19(20)28(33,34)35)24-40-14-44(43-24)22-7-5-18(10-39-22)49-29(36,37)38/h2-10,14H,11-13H2,1H3,(H,41,47). The third-order valence-corrected chi connectivity index (χ3v) is 7.40. The van der Waals surface area contributed by atoms with E-state index in [2.05, 4.69) is 24.8 Å². The Kier molecular flexibility index (Phi) is 10.1. The van der Waals surface area contributed by atoms with E-state index in [0.717, 1.165) is 58.1 Å². The predicted molar refractivity (Wildman–Crippen MR) is 160 cm³/mol. The van der Waals surface area contributed by atoms with Gasteiger partial charge in [0.25, 0.3) is 0 Å². The number of pyridine rings is 1. The van der Waals surface area contributed by atoms with Gasteiger partial charge >= 0.3 is 24.7 Å². The van der Waals surface area contributed by atoms with E-state index >= 15 is 0 Å². The minimum absolute atomic E-state index is 0.0266. The van der Waals surface area contributed by atoms with Crippen molar-refractivity contribution in [2.75, 3.05) is 22.6 Å². The summed E-state index contributed by atoms with van der Waals surface area (Å²) in [7, 11) is 0. The molecule has 21 heteroatoms. The second kappa shape index (κ2) is 14.0. The molecule has 0 unspecified atom stereocenters. The monoisotopic (exact) mass is 733 g/mol. The molecule has 1 fully saturated rings. The first-order valence-electron chi connectivity index (χ1n) is 13.8. The highest BCUT2D eigenvalue weighted by molar-refractivity contribution is 8.15. The van der Waals surface area contributed by atoms with E-state index in [4.69, 9.17) is 4.74 Å². The molecule has 1 aliphatic heterocycles. The summed E-state index contributed by atoms with van der Waals surface area (Å²) in [5, 5.41) is 5.83. The first kappa shape index (κ1) is 36.1. The van der Waals surface area contributed by atoms with E-state index in [1.807, 2.05) is 5.32 Å². The number of hydrogen-bond donors (Lipinski definition) is 1. The number of carbonyl (C=O) groups excluding carboxylic acids is 2. The van der Waals surface area contributed by atoms with Gasteiger partial charge in [0.1, 0.15) is 18.7 Å². The van der Waals surface area contributed by atoms with Crippen molar-refractivity contribution in [3.63, 3.8) is 0 Å². The lowest BCUT2D eigenvalue weighted by molar-refractivity contribution is -0.274. The molecule has 0 saturated carbocycles. The Bertz CT molecular complexity index is 1930. The Hall–Kier alpha value is -5.18. The molecule has 3 heterocycles. The van der Waals surface area contributed by atoms with Crippen LogP contribution < -0.4 is 15.0 Å². The molecule has 2 aromatic heterocycles.